The van der Waals surface area contributed by atoms with Crippen LogP contribution in [-0.2, 0) is 24.4 Å². The number of anilines is 1. The van der Waals surface area contributed by atoms with E-state index in [1.807, 2.05) is 72.8 Å². The molecule has 0 unspecified atom stereocenters. The average Bonchev–Trinajstić information content (AvgIpc) is 2.97. The van der Waals surface area contributed by atoms with Crippen molar-refractivity contribution in [2.75, 3.05) is 11.9 Å². The zero-order chi connectivity index (χ0) is 26.3. The molecule has 2 atom stereocenters. The Labute approximate surface area is 237 Å². The third-order valence-corrected chi connectivity index (χ3v) is 7.79. The second-order valence-electron chi connectivity index (χ2n) is 10.4. The number of fused-ring (bicyclic) bond motifs is 1. The highest BCUT2D eigenvalue weighted by atomic mass is 35.5. The SMILES string of the molecule is CN(C(=O)OCc1ccccc1)c1c(OCc2ccccc2)ccc2c1CC[C@H](NC1CCCCC1)[C@H]2O.Cl. The molecule has 5 rings (SSSR count). The van der Waals surface area contributed by atoms with Crippen LogP contribution < -0.4 is 15.0 Å². The number of halogens is 1. The van der Waals surface area contributed by atoms with Gasteiger partial charge in [0, 0.05) is 19.1 Å². The molecule has 3 aromatic carbocycles. The lowest BCUT2D eigenvalue weighted by molar-refractivity contribution is 0.104. The zero-order valence-corrected chi connectivity index (χ0v) is 23.4. The van der Waals surface area contributed by atoms with Crippen molar-refractivity contribution in [1.82, 2.24) is 5.32 Å². The Bertz CT molecular complexity index is 1200. The number of carbonyl (C=O) groups is 1. The summed E-state index contributed by atoms with van der Waals surface area (Å²) >= 11 is 0. The highest BCUT2D eigenvalue weighted by molar-refractivity contribution is 5.91. The summed E-state index contributed by atoms with van der Waals surface area (Å²) < 4.78 is 11.9. The van der Waals surface area contributed by atoms with Crippen LogP contribution >= 0.6 is 12.4 Å². The summed E-state index contributed by atoms with van der Waals surface area (Å²) in [5.41, 5.74) is 4.45. The average molecular weight is 551 g/mol. The first-order chi connectivity index (χ1) is 18.6. The van der Waals surface area contributed by atoms with Crippen molar-refractivity contribution in [3.8, 4) is 5.75 Å². The summed E-state index contributed by atoms with van der Waals surface area (Å²) in [6, 6.07) is 23.9. The number of aliphatic hydroxyl groups excluding tert-OH is 1. The van der Waals surface area contributed by atoms with Crippen LogP contribution in [0.3, 0.4) is 0 Å². The molecule has 0 radical (unpaired) electrons. The molecule has 0 aromatic heterocycles. The number of rotatable bonds is 8. The van der Waals surface area contributed by atoms with Crippen molar-refractivity contribution in [3.05, 3.63) is 95.1 Å². The molecule has 0 saturated heterocycles. The molecule has 6 nitrogen and oxygen atoms in total. The van der Waals surface area contributed by atoms with Gasteiger partial charge in [-0.25, -0.2) is 4.79 Å². The molecule has 3 aromatic rings. The van der Waals surface area contributed by atoms with Crippen LogP contribution in [0, 0.1) is 0 Å². The predicted octanol–water partition coefficient (Wildman–Crippen LogP) is 6.73. The van der Waals surface area contributed by atoms with E-state index in [1.165, 1.54) is 37.0 Å². The fraction of sp³-hybridized carbons (Fsp3) is 0.406. The Morgan fingerprint density at radius 1 is 0.897 bits per heavy atom. The van der Waals surface area contributed by atoms with Gasteiger partial charge < -0.3 is 19.9 Å². The summed E-state index contributed by atoms with van der Waals surface area (Å²) in [5, 5.41) is 15.1. The van der Waals surface area contributed by atoms with Gasteiger partial charge in [-0.05, 0) is 54.0 Å². The van der Waals surface area contributed by atoms with Gasteiger partial charge in [-0.2, -0.15) is 0 Å². The van der Waals surface area contributed by atoms with Crippen LogP contribution in [0.5, 0.6) is 5.75 Å². The molecule has 2 aliphatic carbocycles. The Morgan fingerprint density at radius 2 is 1.54 bits per heavy atom. The number of benzene rings is 3. The summed E-state index contributed by atoms with van der Waals surface area (Å²) in [5.74, 6) is 0.609. The lowest BCUT2D eigenvalue weighted by atomic mass is 9.83. The van der Waals surface area contributed by atoms with Gasteiger partial charge in [-0.15, -0.1) is 12.4 Å². The van der Waals surface area contributed by atoms with E-state index < -0.39 is 12.2 Å². The molecule has 0 spiro atoms. The zero-order valence-electron chi connectivity index (χ0n) is 22.6. The Hall–Kier alpha value is -3.06. The molecule has 1 saturated carbocycles. The minimum atomic E-state index is -0.642. The maximum absolute atomic E-state index is 13.2. The Balaban J connectivity index is 0.00000353. The first kappa shape index (κ1) is 28.9. The monoisotopic (exact) mass is 550 g/mol. The summed E-state index contributed by atoms with van der Waals surface area (Å²) in [7, 11) is 1.72. The third kappa shape index (κ3) is 7.13. The standard InChI is InChI=1S/C32H38N2O4.ClH/c1-34(32(36)38-22-24-13-7-3-8-14-24)30-26-17-19-28(33-25-15-9-4-10-16-25)31(35)27(26)18-20-29(30)37-21-23-11-5-2-6-12-23;/h2-3,5-8,11-14,18,20,25,28,31,33,35H,4,9-10,15-17,19,21-22H2,1H3;1H/t28-,31-;/m0./s1. The van der Waals surface area contributed by atoms with Crippen LogP contribution in [-0.4, -0.2) is 30.3 Å². The molecule has 0 aliphatic heterocycles. The number of nitrogens with zero attached hydrogens (tertiary/aromatic N) is 1. The van der Waals surface area contributed by atoms with Crippen molar-refractivity contribution < 1.29 is 19.4 Å². The minimum absolute atomic E-state index is 0. The van der Waals surface area contributed by atoms with Crippen molar-refractivity contribution in [2.24, 2.45) is 0 Å². The van der Waals surface area contributed by atoms with Crippen LogP contribution in [0.25, 0.3) is 0 Å². The summed E-state index contributed by atoms with van der Waals surface area (Å²) in [6.45, 7) is 0.573. The van der Waals surface area contributed by atoms with Crippen LogP contribution in [0.1, 0.15) is 66.9 Å². The van der Waals surface area contributed by atoms with E-state index in [-0.39, 0.29) is 25.1 Å². The molecule has 7 heteroatoms. The van der Waals surface area contributed by atoms with Gasteiger partial charge in [-0.3, -0.25) is 4.90 Å². The van der Waals surface area contributed by atoms with E-state index in [0.717, 1.165) is 35.1 Å². The van der Waals surface area contributed by atoms with Gasteiger partial charge in [0.25, 0.3) is 0 Å². The Morgan fingerprint density at radius 3 is 2.21 bits per heavy atom. The molecular weight excluding hydrogens is 512 g/mol. The summed E-state index contributed by atoms with van der Waals surface area (Å²) in [4.78, 5) is 14.7. The molecule has 0 bridgehead atoms. The Kier molecular flexibility index (Phi) is 10.3. The molecule has 39 heavy (non-hydrogen) atoms. The molecule has 0 heterocycles. The van der Waals surface area contributed by atoms with Crippen molar-refractivity contribution in [2.45, 2.75) is 76.3 Å². The van der Waals surface area contributed by atoms with E-state index in [4.69, 9.17) is 9.47 Å². The smallest absolute Gasteiger partial charge is 0.414 e. The van der Waals surface area contributed by atoms with E-state index in [9.17, 15) is 9.90 Å². The van der Waals surface area contributed by atoms with Gasteiger partial charge in [0.1, 0.15) is 19.0 Å². The predicted molar refractivity (Wildman–Crippen MR) is 157 cm³/mol. The fourth-order valence-corrected chi connectivity index (χ4v) is 5.72. The topological polar surface area (TPSA) is 71.0 Å². The quantitative estimate of drug-likeness (QED) is 0.325. The minimum Gasteiger partial charge on any atom is -0.487 e. The number of aliphatic hydroxyl groups is 1. The molecule has 2 aliphatic rings. The summed E-state index contributed by atoms with van der Waals surface area (Å²) in [6.07, 6.45) is 6.58. The van der Waals surface area contributed by atoms with E-state index in [0.29, 0.717) is 24.1 Å². The molecule has 1 fully saturated rings. The molecular formula is C32H39ClN2O4. The van der Waals surface area contributed by atoms with Crippen molar-refractivity contribution in [3.63, 3.8) is 0 Å². The van der Waals surface area contributed by atoms with Gasteiger partial charge in [0.2, 0.25) is 0 Å². The second kappa shape index (κ2) is 13.8. The highest BCUT2D eigenvalue weighted by Gasteiger charge is 2.34. The normalized spacial score (nSPS) is 18.9. The number of ether oxygens (including phenoxy) is 2. The lowest BCUT2D eigenvalue weighted by Crippen LogP contribution is -2.45. The second-order valence-corrected chi connectivity index (χ2v) is 10.4. The van der Waals surface area contributed by atoms with Crippen LogP contribution in [0.2, 0.25) is 0 Å². The van der Waals surface area contributed by atoms with Gasteiger partial charge in [0.15, 0.2) is 0 Å². The molecule has 1 amide bonds. The first-order valence-electron chi connectivity index (χ1n) is 13.8. The van der Waals surface area contributed by atoms with Gasteiger partial charge >= 0.3 is 6.09 Å². The lowest BCUT2D eigenvalue weighted by Gasteiger charge is -2.37. The maximum Gasteiger partial charge on any atom is 0.414 e. The number of nitrogens with one attached hydrogen (secondary N) is 1. The number of hydrogen-bond acceptors (Lipinski definition) is 5. The van der Waals surface area contributed by atoms with E-state index in [2.05, 4.69) is 5.32 Å². The van der Waals surface area contributed by atoms with Crippen molar-refractivity contribution in [1.29, 1.82) is 0 Å². The third-order valence-electron chi connectivity index (χ3n) is 7.79. The fourth-order valence-electron chi connectivity index (χ4n) is 5.72. The first-order valence-corrected chi connectivity index (χ1v) is 13.8. The van der Waals surface area contributed by atoms with Gasteiger partial charge in [0.05, 0.1) is 11.8 Å². The van der Waals surface area contributed by atoms with Crippen LogP contribution in [0.15, 0.2) is 72.8 Å². The highest BCUT2D eigenvalue weighted by Crippen LogP contribution is 2.42. The molecule has 208 valence electrons. The van der Waals surface area contributed by atoms with Gasteiger partial charge in [-0.1, -0.05) is 86.0 Å². The van der Waals surface area contributed by atoms with Crippen LogP contribution in [0.4, 0.5) is 10.5 Å². The largest absolute Gasteiger partial charge is 0.487 e. The number of carbonyl (C=O) groups excluding carboxylic acids is 1. The number of hydrogen-bond donors (Lipinski definition) is 2. The van der Waals surface area contributed by atoms with Crippen molar-refractivity contribution >= 4 is 24.2 Å². The number of amides is 1. The molecule has 2 N–H and O–H groups in total. The van der Waals surface area contributed by atoms with E-state index >= 15 is 0 Å². The van der Waals surface area contributed by atoms with E-state index in [1.54, 1.807) is 7.05 Å². The maximum atomic E-state index is 13.2.